The van der Waals surface area contributed by atoms with Crippen molar-refractivity contribution < 1.29 is 19.0 Å². The third-order valence-electron chi connectivity index (χ3n) is 3.73. The number of nitrogens with zero attached hydrogens (tertiary/aromatic N) is 1. The molecule has 0 saturated heterocycles. The average molecular weight is 343 g/mol. The molecule has 0 spiro atoms. The van der Waals surface area contributed by atoms with Gasteiger partial charge in [0.25, 0.3) is 0 Å². The summed E-state index contributed by atoms with van der Waals surface area (Å²) in [6.07, 6.45) is 1.47. The van der Waals surface area contributed by atoms with Gasteiger partial charge in [-0.3, -0.25) is 0 Å². The molecule has 134 valence electrons. The quantitative estimate of drug-likeness (QED) is 0.495. The predicted octanol–water partition coefficient (Wildman–Crippen LogP) is 4.52. The maximum Gasteiger partial charge on any atom is 0.513 e. The molecular weight excluding hydrogens is 318 g/mol. The molecule has 0 heterocycles. The number of anilines is 1. The van der Waals surface area contributed by atoms with Crippen LogP contribution in [0, 0.1) is 0 Å². The molecule has 0 fully saturated rings. The van der Waals surface area contributed by atoms with Gasteiger partial charge in [-0.25, -0.2) is 4.79 Å². The zero-order chi connectivity index (χ0) is 17.9. The van der Waals surface area contributed by atoms with E-state index in [9.17, 15) is 4.79 Å². The first-order chi connectivity index (χ1) is 12.2. The van der Waals surface area contributed by atoms with Crippen LogP contribution in [-0.4, -0.2) is 33.0 Å². The zero-order valence-corrected chi connectivity index (χ0v) is 14.8. The Kier molecular flexibility index (Phi) is 7.63. The summed E-state index contributed by atoms with van der Waals surface area (Å²) >= 11 is 0. The van der Waals surface area contributed by atoms with Gasteiger partial charge in [0.1, 0.15) is 18.1 Å². The molecule has 0 aliphatic heterocycles. The van der Waals surface area contributed by atoms with Crippen LogP contribution < -0.4 is 14.4 Å². The molecule has 0 aromatic heterocycles. The fourth-order valence-corrected chi connectivity index (χ4v) is 2.38. The van der Waals surface area contributed by atoms with Crippen molar-refractivity contribution in [2.75, 3.05) is 31.7 Å². The second-order valence-corrected chi connectivity index (χ2v) is 5.56. The average Bonchev–Trinajstić information content (AvgIpc) is 2.65. The van der Waals surface area contributed by atoms with Gasteiger partial charge in [-0.2, -0.15) is 0 Å². The lowest BCUT2D eigenvalue weighted by Gasteiger charge is -2.24. The molecular formula is C20H25NO4. The standard InChI is InChI=1S/C20H25NO4/c1-3-4-13-21(17-9-8-12-19(16-17)23-2)14-15-24-20(22)25-18-10-6-5-7-11-18/h5-12,16H,3-4,13-15H2,1-2H3. The van der Waals surface area contributed by atoms with Gasteiger partial charge in [0.2, 0.25) is 0 Å². The lowest BCUT2D eigenvalue weighted by Crippen LogP contribution is -2.29. The van der Waals surface area contributed by atoms with Gasteiger partial charge < -0.3 is 19.1 Å². The number of methoxy groups -OCH3 is 1. The number of para-hydroxylation sites is 1. The van der Waals surface area contributed by atoms with Gasteiger partial charge >= 0.3 is 6.16 Å². The lowest BCUT2D eigenvalue weighted by molar-refractivity contribution is 0.101. The van der Waals surface area contributed by atoms with Gasteiger partial charge in [-0.15, -0.1) is 0 Å². The third kappa shape index (κ3) is 6.37. The fourth-order valence-electron chi connectivity index (χ4n) is 2.38. The Balaban J connectivity index is 1.87. The molecule has 0 N–H and O–H groups in total. The summed E-state index contributed by atoms with van der Waals surface area (Å²) in [6, 6.07) is 16.8. The lowest BCUT2D eigenvalue weighted by atomic mass is 10.2. The molecule has 0 atom stereocenters. The molecule has 2 rings (SSSR count). The molecule has 2 aromatic carbocycles. The second-order valence-electron chi connectivity index (χ2n) is 5.56. The highest BCUT2D eigenvalue weighted by Gasteiger charge is 2.10. The third-order valence-corrected chi connectivity index (χ3v) is 3.73. The van der Waals surface area contributed by atoms with Crippen LogP contribution in [0.5, 0.6) is 11.5 Å². The van der Waals surface area contributed by atoms with Crippen LogP contribution in [0.4, 0.5) is 10.5 Å². The van der Waals surface area contributed by atoms with Crippen LogP contribution in [-0.2, 0) is 4.74 Å². The van der Waals surface area contributed by atoms with Crippen LogP contribution in [0.15, 0.2) is 54.6 Å². The largest absolute Gasteiger partial charge is 0.513 e. The topological polar surface area (TPSA) is 48.0 Å². The molecule has 0 saturated carbocycles. The highest BCUT2D eigenvalue weighted by molar-refractivity contribution is 5.63. The van der Waals surface area contributed by atoms with E-state index in [1.165, 1.54) is 0 Å². The van der Waals surface area contributed by atoms with E-state index in [2.05, 4.69) is 11.8 Å². The summed E-state index contributed by atoms with van der Waals surface area (Å²) < 4.78 is 15.6. The summed E-state index contributed by atoms with van der Waals surface area (Å²) in [5, 5.41) is 0. The summed E-state index contributed by atoms with van der Waals surface area (Å²) in [4.78, 5) is 13.9. The molecule has 5 nitrogen and oxygen atoms in total. The normalized spacial score (nSPS) is 10.2. The Bertz CT molecular complexity index is 645. The Morgan fingerprint density at radius 3 is 2.48 bits per heavy atom. The zero-order valence-electron chi connectivity index (χ0n) is 14.8. The van der Waals surface area contributed by atoms with Crippen LogP contribution >= 0.6 is 0 Å². The van der Waals surface area contributed by atoms with Crippen molar-refractivity contribution >= 4 is 11.8 Å². The first kappa shape index (κ1) is 18.6. The molecule has 0 aliphatic carbocycles. The van der Waals surface area contributed by atoms with E-state index in [0.717, 1.165) is 30.8 Å². The molecule has 0 unspecified atom stereocenters. The van der Waals surface area contributed by atoms with Crippen molar-refractivity contribution in [3.8, 4) is 11.5 Å². The predicted molar refractivity (Wildman–Crippen MR) is 98.5 cm³/mol. The minimum Gasteiger partial charge on any atom is -0.497 e. The summed E-state index contributed by atoms with van der Waals surface area (Å²) in [7, 11) is 1.65. The Morgan fingerprint density at radius 1 is 1.00 bits per heavy atom. The first-order valence-electron chi connectivity index (χ1n) is 8.51. The van der Waals surface area contributed by atoms with Gasteiger partial charge in [0.05, 0.1) is 13.7 Å². The Labute approximate surface area is 149 Å². The van der Waals surface area contributed by atoms with E-state index in [-0.39, 0.29) is 6.61 Å². The van der Waals surface area contributed by atoms with Crippen LogP contribution in [0.2, 0.25) is 0 Å². The maximum atomic E-state index is 11.8. The molecule has 0 radical (unpaired) electrons. The molecule has 2 aromatic rings. The maximum absolute atomic E-state index is 11.8. The minimum absolute atomic E-state index is 0.257. The molecule has 0 amide bonds. The van der Waals surface area contributed by atoms with Crippen molar-refractivity contribution in [2.24, 2.45) is 0 Å². The molecule has 5 heteroatoms. The van der Waals surface area contributed by atoms with E-state index in [1.54, 1.807) is 31.4 Å². The first-order valence-corrected chi connectivity index (χ1v) is 8.51. The van der Waals surface area contributed by atoms with Gasteiger partial charge in [0.15, 0.2) is 0 Å². The van der Waals surface area contributed by atoms with Gasteiger partial charge in [0, 0.05) is 18.3 Å². The van der Waals surface area contributed by atoms with E-state index in [1.807, 2.05) is 30.3 Å². The monoisotopic (exact) mass is 343 g/mol. The Hall–Kier alpha value is -2.69. The summed E-state index contributed by atoms with van der Waals surface area (Å²) in [5.74, 6) is 1.28. The number of ether oxygens (including phenoxy) is 3. The highest BCUT2D eigenvalue weighted by Crippen LogP contribution is 2.21. The van der Waals surface area contributed by atoms with Gasteiger partial charge in [-0.05, 0) is 30.7 Å². The van der Waals surface area contributed by atoms with Crippen molar-refractivity contribution in [1.82, 2.24) is 0 Å². The summed E-state index contributed by atoms with van der Waals surface area (Å²) in [6.45, 7) is 3.89. The van der Waals surface area contributed by atoms with Crippen molar-refractivity contribution in [2.45, 2.75) is 19.8 Å². The number of hydrogen-bond donors (Lipinski definition) is 0. The highest BCUT2D eigenvalue weighted by atomic mass is 16.7. The Morgan fingerprint density at radius 2 is 1.76 bits per heavy atom. The van der Waals surface area contributed by atoms with Crippen LogP contribution in [0.25, 0.3) is 0 Å². The SMILES string of the molecule is CCCCN(CCOC(=O)Oc1ccccc1)c1cccc(OC)c1. The fraction of sp³-hybridized carbons (Fsp3) is 0.350. The van der Waals surface area contributed by atoms with Crippen LogP contribution in [0.1, 0.15) is 19.8 Å². The van der Waals surface area contributed by atoms with E-state index in [4.69, 9.17) is 14.2 Å². The number of hydrogen-bond acceptors (Lipinski definition) is 5. The van der Waals surface area contributed by atoms with E-state index < -0.39 is 6.16 Å². The smallest absolute Gasteiger partial charge is 0.497 e. The summed E-state index contributed by atoms with van der Waals surface area (Å²) in [5.41, 5.74) is 1.05. The number of unbranched alkanes of at least 4 members (excludes halogenated alkanes) is 1. The number of carbonyl (C=O) groups is 1. The minimum atomic E-state index is -0.688. The number of rotatable bonds is 9. The van der Waals surface area contributed by atoms with Crippen molar-refractivity contribution in [3.05, 3.63) is 54.6 Å². The second kappa shape index (κ2) is 10.2. The number of carbonyl (C=O) groups excluding carboxylic acids is 1. The number of benzene rings is 2. The van der Waals surface area contributed by atoms with Crippen molar-refractivity contribution in [3.63, 3.8) is 0 Å². The molecule has 0 bridgehead atoms. The van der Waals surface area contributed by atoms with Crippen molar-refractivity contribution in [1.29, 1.82) is 0 Å². The van der Waals surface area contributed by atoms with Gasteiger partial charge in [-0.1, -0.05) is 37.6 Å². The van der Waals surface area contributed by atoms with E-state index >= 15 is 0 Å². The molecule has 0 aliphatic rings. The molecule has 25 heavy (non-hydrogen) atoms. The van der Waals surface area contributed by atoms with Crippen LogP contribution in [0.3, 0.4) is 0 Å². The van der Waals surface area contributed by atoms with E-state index in [0.29, 0.717) is 12.3 Å².